The summed E-state index contributed by atoms with van der Waals surface area (Å²) in [4.78, 5) is 29.7. The van der Waals surface area contributed by atoms with Crippen molar-refractivity contribution in [3.63, 3.8) is 0 Å². The predicted molar refractivity (Wildman–Crippen MR) is 84.2 cm³/mol. The molecule has 2 amide bonds. The molecule has 2 fully saturated rings. The number of imide groups is 1. The Balaban J connectivity index is 1.39. The van der Waals surface area contributed by atoms with Crippen LogP contribution in [0.4, 0.5) is 19.0 Å². The van der Waals surface area contributed by atoms with Gasteiger partial charge in [-0.15, -0.1) is 0 Å². The normalized spacial score (nSPS) is 29.6. The fraction of sp³-hybridized carbons (Fsp3) is 0.438. The number of nitrogens with zero attached hydrogens (tertiary/aromatic N) is 2. The van der Waals surface area contributed by atoms with Gasteiger partial charge in [-0.05, 0) is 6.07 Å². The minimum atomic E-state index is -4.53. The van der Waals surface area contributed by atoms with Crippen LogP contribution in [-0.4, -0.2) is 47.0 Å². The number of hydrogen-bond donors (Lipinski definition) is 1. The minimum absolute atomic E-state index is 0.0593. The van der Waals surface area contributed by atoms with Crippen molar-refractivity contribution in [3.8, 4) is 0 Å². The highest BCUT2D eigenvalue weighted by molar-refractivity contribution is 6.33. The molecule has 0 unspecified atom stereocenters. The highest BCUT2D eigenvalue weighted by Crippen LogP contribution is 2.44. The van der Waals surface area contributed by atoms with E-state index in [1.807, 2.05) is 0 Å². The average Bonchev–Trinajstić information content (AvgIpc) is 3.24. The van der Waals surface area contributed by atoms with E-state index in [2.05, 4.69) is 10.3 Å². The molecule has 0 aliphatic carbocycles. The first-order chi connectivity index (χ1) is 12.3. The van der Waals surface area contributed by atoms with E-state index in [9.17, 15) is 22.8 Å². The molecular formula is C16H13ClF3N3O3. The van der Waals surface area contributed by atoms with Crippen molar-refractivity contribution >= 4 is 29.2 Å². The summed E-state index contributed by atoms with van der Waals surface area (Å²) in [5, 5.41) is 2.57. The third-order valence-electron chi connectivity index (χ3n) is 4.80. The highest BCUT2D eigenvalue weighted by Gasteiger charge is 2.60. The van der Waals surface area contributed by atoms with Crippen LogP contribution in [-0.2, 0) is 20.5 Å². The standard InChI is InChI=1S/C16H13ClF3N3O3/c17-8-5-7(16(18,19)20)6-22-13(8)21-3-4-23-14(24)11-9-1-2-10(26-9)12(11)15(23)25/h1-2,5-6,9-12H,3-4H2,(H,21,22)/t9-,10+,11-,12-/m0/s1. The molecule has 2 saturated heterocycles. The van der Waals surface area contributed by atoms with E-state index in [-0.39, 0.29) is 48.0 Å². The van der Waals surface area contributed by atoms with Gasteiger partial charge in [0.1, 0.15) is 5.82 Å². The van der Waals surface area contributed by atoms with Gasteiger partial charge in [-0.2, -0.15) is 13.2 Å². The second kappa shape index (κ2) is 5.95. The molecule has 2 bridgehead atoms. The number of carbonyl (C=O) groups excluding carboxylic acids is 2. The van der Waals surface area contributed by atoms with Crippen LogP contribution in [0.25, 0.3) is 0 Å². The number of rotatable bonds is 4. The van der Waals surface area contributed by atoms with Crippen LogP contribution in [0.5, 0.6) is 0 Å². The topological polar surface area (TPSA) is 71.5 Å². The van der Waals surface area contributed by atoms with E-state index >= 15 is 0 Å². The van der Waals surface area contributed by atoms with E-state index in [0.717, 1.165) is 11.0 Å². The van der Waals surface area contributed by atoms with Crippen molar-refractivity contribution in [1.29, 1.82) is 0 Å². The van der Waals surface area contributed by atoms with Gasteiger partial charge in [-0.1, -0.05) is 23.8 Å². The van der Waals surface area contributed by atoms with Gasteiger partial charge in [0.15, 0.2) is 0 Å². The number of fused-ring (bicyclic) bond motifs is 5. The fourth-order valence-electron chi connectivity index (χ4n) is 3.59. The van der Waals surface area contributed by atoms with Crippen molar-refractivity contribution in [2.24, 2.45) is 11.8 Å². The molecule has 6 nitrogen and oxygen atoms in total. The summed E-state index contributed by atoms with van der Waals surface area (Å²) < 4.78 is 43.4. The molecule has 0 saturated carbocycles. The predicted octanol–water partition coefficient (Wildman–Crippen LogP) is 2.10. The van der Waals surface area contributed by atoms with E-state index in [0.29, 0.717) is 6.20 Å². The molecule has 4 atom stereocenters. The zero-order chi connectivity index (χ0) is 18.6. The summed E-state index contributed by atoms with van der Waals surface area (Å²) in [5.74, 6) is -1.48. The number of aromatic nitrogens is 1. The quantitative estimate of drug-likeness (QED) is 0.633. The van der Waals surface area contributed by atoms with Gasteiger partial charge in [0, 0.05) is 19.3 Å². The molecule has 4 rings (SSSR count). The number of hydrogen-bond acceptors (Lipinski definition) is 5. The molecule has 0 radical (unpaired) electrons. The molecule has 3 aliphatic rings. The SMILES string of the molecule is O=C1[C@@H]2[C@@H](C(=O)N1CCNc1ncc(C(F)(F)F)cc1Cl)[C@H]1C=C[C@@H]2O1. The molecule has 10 heteroatoms. The van der Waals surface area contributed by atoms with Crippen LogP contribution in [0.15, 0.2) is 24.4 Å². The lowest BCUT2D eigenvalue weighted by Crippen LogP contribution is -2.37. The van der Waals surface area contributed by atoms with Crippen LogP contribution in [0.1, 0.15) is 5.56 Å². The Hall–Kier alpha value is -2.13. The number of halogens is 4. The van der Waals surface area contributed by atoms with Crippen LogP contribution in [0.2, 0.25) is 5.02 Å². The molecule has 4 heterocycles. The zero-order valence-electron chi connectivity index (χ0n) is 13.2. The molecule has 138 valence electrons. The van der Waals surface area contributed by atoms with E-state index in [1.54, 1.807) is 12.2 Å². The molecular weight excluding hydrogens is 375 g/mol. The Bertz CT molecular complexity index is 784. The van der Waals surface area contributed by atoms with Crippen LogP contribution in [0, 0.1) is 11.8 Å². The Morgan fingerprint density at radius 3 is 2.35 bits per heavy atom. The van der Waals surface area contributed by atoms with Gasteiger partial charge in [0.05, 0.1) is 34.6 Å². The Labute approximate surface area is 151 Å². The monoisotopic (exact) mass is 387 g/mol. The minimum Gasteiger partial charge on any atom is -0.367 e. The molecule has 3 aliphatic heterocycles. The average molecular weight is 388 g/mol. The number of likely N-dealkylation sites (tertiary alicyclic amines) is 1. The lowest BCUT2D eigenvalue weighted by molar-refractivity contribution is -0.142. The summed E-state index contributed by atoms with van der Waals surface area (Å²) in [6.45, 7) is 0.196. The lowest BCUT2D eigenvalue weighted by Gasteiger charge is -2.18. The summed E-state index contributed by atoms with van der Waals surface area (Å²) in [5.41, 5.74) is -0.950. The third kappa shape index (κ3) is 2.66. The van der Waals surface area contributed by atoms with Gasteiger partial charge >= 0.3 is 6.18 Å². The van der Waals surface area contributed by atoms with Gasteiger partial charge in [0.25, 0.3) is 0 Å². The molecule has 1 aromatic rings. The van der Waals surface area contributed by atoms with Crippen LogP contribution in [0.3, 0.4) is 0 Å². The molecule has 1 N–H and O–H groups in total. The fourth-order valence-corrected chi connectivity index (χ4v) is 3.83. The molecule has 0 aromatic carbocycles. The van der Waals surface area contributed by atoms with Gasteiger partial charge < -0.3 is 10.1 Å². The van der Waals surface area contributed by atoms with Crippen molar-refractivity contribution in [2.45, 2.75) is 18.4 Å². The number of pyridine rings is 1. The number of carbonyl (C=O) groups is 2. The maximum Gasteiger partial charge on any atom is 0.417 e. The maximum atomic E-state index is 12.6. The van der Waals surface area contributed by atoms with Gasteiger partial charge in [-0.25, -0.2) is 4.98 Å². The maximum absolute atomic E-state index is 12.6. The summed E-state index contributed by atoms with van der Waals surface area (Å²) in [6.07, 6.45) is -0.978. The number of alkyl halides is 3. The number of ether oxygens (including phenoxy) is 1. The van der Waals surface area contributed by atoms with Crippen LogP contribution >= 0.6 is 11.6 Å². The first-order valence-electron chi connectivity index (χ1n) is 7.93. The summed E-state index contributed by atoms with van der Waals surface area (Å²) >= 11 is 5.82. The van der Waals surface area contributed by atoms with E-state index in [4.69, 9.17) is 16.3 Å². The van der Waals surface area contributed by atoms with E-state index < -0.39 is 23.6 Å². The first kappa shape index (κ1) is 17.3. The largest absolute Gasteiger partial charge is 0.417 e. The molecule has 26 heavy (non-hydrogen) atoms. The second-order valence-electron chi connectivity index (χ2n) is 6.31. The smallest absolute Gasteiger partial charge is 0.367 e. The molecule has 1 aromatic heterocycles. The van der Waals surface area contributed by atoms with Gasteiger partial charge in [0.2, 0.25) is 11.8 Å². The summed E-state index contributed by atoms with van der Waals surface area (Å²) in [6, 6.07) is 0.772. The lowest BCUT2D eigenvalue weighted by atomic mass is 9.85. The zero-order valence-corrected chi connectivity index (χ0v) is 13.9. The van der Waals surface area contributed by atoms with Gasteiger partial charge in [-0.3, -0.25) is 14.5 Å². The Kier molecular flexibility index (Phi) is 3.96. The Morgan fingerprint density at radius 1 is 1.19 bits per heavy atom. The summed E-state index contributed by atoms with van der Waals surface area (Å²) in [7, 11) is 0. The second-order valence-corrected chi connectivity index (χ2v) is 6.72. The third-order valence-corrected chi connectivity index (χ3v) is 5.09. The van der Waals surface area contributed by atoms with Crippen molar-refractivity contribution in [1.82, 2.24) is 9.88 Å². The van der Waals surface area contributed by atoms with Crippen molar-refractivity contribution in [3.05, 3.63) is 35.0 Å². The number of nitrogens with one attached hydrogen (secondary N) is 1. The molecule has 0 spiro atoms. The highest BCUT2D eigenvalue weighted by atomic mass is 35.5. The Morgan fingerprint density at radius 2 is 1.81 bits per heavy atom. The van der Waals surface area contributed by atoms with Crippen molar-refractivity contribution < 1.29 is 27.5 Å². The van der Waals surface area contributed by atoms with E-state index in [1.165, 1.54) is 0 Å². The van der Waals surface area contributed by atoms with Crippen molar-refractivity contribution in [2.75, 3.05) is 18.4 Å². The first-order valence-corrected chi connectivity index (χ1v) is 8.31. The number of amides is 2. The van der Waals surface area contributed by atoms with Crippen LogP contribution < -0.4 is 5.32 Å². The number of anilines is 1.